The molecule has 0 saturated carbocycles. The standard InChI is InChI=1S/C27H24Cl2N4/c1-19(22-5-2-20(15-30)3-6-22)17-32-12-13-33(26-11-4-21(16-31)14-25(26)29)27(18-32)23-7-9-24(28)10-8-23/h2-11,14,19,27H,12-13,17-18H2,1H3/t19-,27?/m0/s1. The van der Waals surface area contributed by atoms with E-state index in [1.807, 2.05) is 48.5 Å². The lowest BCUT2D eigenvalue weighted by Gasteiger charge is -2.44. The van der Waals surface area contributed by atoms with Crippen LogP contribution >= 0.6 is 23.2 Å². The van der Waals surface area contributed by atoms with Crippen molar-refractivity contribution in [2.24, 2.45) is 0 Å². The van der Waals surface area contributed by atoms with Gasteiger partial charge in [-0.05, 0) is 59.5 Å². The summed E-state index contributed by atoms with van der Waals surface area (Å²) in [6, 6.07) is 25.8. The van der Waals surface area contributed by atoms with Crippen LogP contribution in [0.15, 0.2) is 66.7 Å². The van der Waals surface area contributed by atoms with E-state index in [2.05, 4.69) is 41.0 Å². The third-order valence-corrected chi connectivity index (χ3v) is 6.80. The van der Waals surface area contributed by atoms with Gasteiger partial charge < -0.3 is 4.90 Å². The maximum Gasteiger partial charge on any atom is 0.0992 e. The van der Waals surface area contributed by atoms with Crippen LogP contribution in [0, 0.1) is 22.7 Å². The summed E-state index contributed by atoms with van der Waals surface area (Å²) < 4.78 is 0. The van der Waals surface area contributed by atoms with Crippen LogP contribution in [0.1, 0.15) is 41.1 Å². The number of hydrogen-bond acceptors (Lipinski definition) is 4. The number of hydrogen-bond donors (Lipinski definition) is 0. The molecular formula is C27H24Cl2N4. The van der Waals surface area contributed by atoms with E-state index in [0.717, 1.165) is 31.9 Å². The van der Waals surface area contributed by atoms with E-state index in [0.29, 0.717) is 27.1 Å². The topological polar surface area (TPSA) is 54.1 Å². The van der Waals surface area contributed by atoms with Crippen molar-refractivity contribution in [2.75, 3.05) is 31.1 Å². The molecule has 33 heavy (non-hydrogen) atoms. The number of rotatable bonds is 5. The van der Waals surface area contributed by atoms with Crippen LogP contribution in [0.4, 0.5) is 5.69 Å². The van der Waals surface area contributed by atoms with E-state index in [4.69, 9.17) is 28.5 Å². The number of benzene rings is 3. The first-order valence-corrected chi connectivity index (χ1v) is 11.7. The molecule has 0 amide bonds. The fourth-order valence-electron chi connectivity index (χ4n) is 4.45. The van der Waals surface area contributed by atoms with E-state index in [1.54, 1.807) is 6.07 Å². The summed E-state index contributed by atoms with van der Waals surface area (Å²) in [5, 5.41) is 19.6. The highest BCUT2D eigenvalue weighted by Crippen LogP contribution is 2.36. The molecule has 4 nitrogen and oxygen atoms in total. The molecule has 3 aromatic carbocycles. The Morgan fingerprint density at radius 2 is 1.58 bits per heavy atom. The fraction of sp³-hybridized carbons (Fsp3) is 0.259. The summed E-state index contributed by atoms with van der Waals surface area (Å²) >= 11 is 12.7. The summed E-state index contributed by atoms with van der Waals surface area (Å²) in [6.07, 6.45) is 0. The highest BCUT2D eigenvalue weighted by molar-refractivity contribution is 6.33. The van der Waals surface area contributed by atoms with Gasteiger partial charge in [0.05, 0.1) is 40.0 Å². The van der Waals surface area contributed by atoms with Crippen molar-refractivity contribution < 1.29 is 0 Å². The van der Waals surface area contributed by atoms with Gasteiger partial charge in [-0.3, -0.25) is 4.90 Å². The quantitative estimate of drug-likeness (QED) is 0.428. The summed E-state index contributed by atoms with van der Waals surface area (Å²) in [7, 11) is 0. The average Bonchev–Trinajstić information content (AvgIpc) is 2.84. The average molecular weight is 475 g/mol. The van der Waals surface area contributed by atoms with Gasteiger partial charge in [-0.2, -0.15) is 10.5 Å². The molecule has 166 valence electrons. The molecule has 1 fully saturated rings. The van der Waals surface area contributed by atoms with Gasteiger partial charge in [0, 0.05) is 31.2 Å². The Kier molecular flexibility index (Phi) is 7.21. The molecule has 3 aromatic rings. The minimum absolute atomic E-state index is 0.106. The largest absolute Gasteiger partial charge is 0.361 e. The Hall–Kier alpha value is -3.02. The van der Waals surface area contributed by atoms with E-state index in [1.165, 1.54) is 11.1 Å². The lowest BCUT2D eigenvalue weighted by molar-refractivity contribution is 0.214. The molecule has 6 heteroatoms. The van der Waals surface area contributed by atoms with Gasteiger partial charge in [-0.25, -0.2) is 0 Å². The molecule has 0 radical (unpaired) electrons. The predicted octanol–water partition coefficient (Wildman–Crippen LogP) is 6.40. The molecule has 4 rings (SSSR count). The van der Waals surface area contributed by atoms with E-state index in [9.17, 15) is 5.26 Å². The van der Waals surface area contributed by atoms with Crippen molar-refractivity contribution in [3.63, 3.8) is 0 Å². The first-order chi connectivity index (χ1) is 16.0. The minimum Gasteiger partial charge on any atom is -0.361 e. The van der Waals surface area contributed by atoms with E-state index in [-0.39, 0.29) is 6.04 Å². The van der Waals surface area contributed by atoms with Crippen LogP contribution in [-0.4, -0.2) is 31.1 Å². The van der Waals surface area contributed by atoms with Gasteiger partial charge in [-0.1, -0.05) is 54.4 Å². The maximum absolute atomic E-state index is 9.20. The predicted molar refractivity (Wildman–Crippen MR) is 134 cm³/mol. The Bertz CT molecular complexity index is 1190. The molecule has 1 heterocycles. The highest BCUT2D eigenvalue weighted by Gasteiger charge is 2.30. The Morgan fingerprint density at radius 1 is 0.909 bits per heavy atom. The molecule has 1 aliphatic heterocycles. The zero-order valence-corrected chi connectivity index (χ0v) is 19.9. The molecule has 2 atom stereocenters. The molecular weight excluding hydrogens is 451 g/mol. The Balaban J connectivity index is 1.57. The number of anilines is 1. The van der Waals surface area contributed by atoms with Crippen LogP contribution in [0.3, 0.4) is 0 Å². The number of nitrogens with zero attached hydrogens (tertiary/aromatic N) is 4. The molecule has 0 N–H and O–H groups in total. The van der Waals surface area contributed by atoms with E-state index < -0.39 is 0 Å². The molecule has 0 spiro atoms. The molecule has 1 saturated heterocycles. The van der Waals surface area contributed by atoms with Gasteiger partial charge >= 0.3 is 0 Å². The highest BCUT2D eigenvalue weighted by atomic mass is 35.5. The van der Waals surface area contributed by atoms with Gasteiger partial charge in [0.1, 0.15) is 0 Å². The van der Waals surface area contributed by atoms with Crippen LogP contribution in [-0.2, 0) is 0 Å². The smallest absolute Gasteiger partial charge is 0.0992 e. The second-order valence-corrected chi connectivity index (χ2v) is 9.28. The zero-order chi connectivity index (χ0) is 23.4. The SMILES string of the molecule is C[C@@H](CN1CCN(c2ccc(C#N)cc2Cl)C(c2ccc(Cl)cc2)C1)c1ccc(C#N)cc1. The first kappa shape index (κ1) is 23.1. The van der Waals surface area contributed by atoms with E-state index >= 15 is 0 Å². The van der Waals surface area contributed by atoms with Crippen molar-refractivity contribution >= 4 is 28.9 Å². The third-order valence-electron chi connectivity index (χ3n) is 6.25. The summed E-state index contributed by atoms with van der Waals surface area (Å²) in [4.78, 5) is 4.81. The molecule has 0 bridgehead atoms. The fourth-order valence-corrected chi connectivity index (χ4v) is 4.87. The zero-order valence-electron chi connectivity index (χ0n) is 18.4. The van der Waals surface area contributed by atoms with Crippen LogP contribution < -0.4 is 4.90 Å². The Morgan fingerprint density at radius 3 is 2.21 bits per heavy atom. The van der Waals surface area contributed by atoms with Crippen molar-refractivity contribution in [1.29, 1.82) is 10.5 Å². The molecule has 0 aliphatic carbocycles. The summed E-state index contributed by atoms with van der Waals surface area (Å²) in [5.74, 6) is 0.341. The first-order valence-electron chi connectivity index (χ1n) is 10.9. The second kappa shape index (κ2) is 10.3. The van der Waals surface area contributed by atoms with Crippen molar-refractivity contribution in [3.05, 3.63) is 99.0 Å². The molecule has 0 aromatic heterocycles. The van der Waals surface area contributed by atoms with Crippen molar-refractivity contribution in [1.82, 2.24) is 4.90 Å². The van der Waals surface area contributed by atoms with Gasteiger partial charge in [0.15, 0.2) is 0 Å². The lowest BCUT2D eigenvalue weighted by atomic mass is 9.97. The minimum atomic E-state index is 0.106. The van der Waals surface area contributed by atoms with Gasteiger partial charge in [-0.15, -0.1) is 0 Å². The lowest BCUT2D eigenvalue weighted by Crippen LogP contribution is -2.49. The number of nitriles is 2. The second-order valence-electron chi connectivity index (χ2n) is 8.43. The monoisotopic (exact) mass is 474 g/mol. The molecule has 1 unspecified atom stereocenters. The molecule has 1 aliphatic rings. The van der Waals surface area contributed by atoms with Crippen LogP contribution in [0.25, 0.3) is 0 Å². The van der Waals surface area contributed by atoms with Gasteiger partial charge in [0.2, 0.25) is 0 Å². The summed E-state index contributed by atoms with van der Waals surface area (Å²) in [5.41, 5.74) is 4.59. The third kappa shape index (κ3) is 5.32. The number of halogens is 2. The van der Waals surface area contributed by atoms with Crippen LogP contribution in [0.5, 0.6) is 0 Å². The van der Waals surface area contributed by atoms with Crippen molar-refractivity contribution in [3.8, 4) is 12.1 Å². The maximum atomic E-state index is 9.20. The number of piperazine rings is 1. The van der Waals surface area contributed by atoms with Crippen molar-refractivity contribution in [2.45, 2.75) is 18.9 Å². The summed E-state index contributed by atoms with van der Waals surface area (Å²) in [6.45, 7) is 5.71. The normalized spacial score (nSPS) is 17.2. The Labute approximate surface area is 205 Å². The van der Waals surface area contributed by atoms with Gasteiger partial charge in [0.25, 0.3) is 0 Å². The van der Waals surface area contributed by atoms with Crippen LogP contribution in [0.2, 0.25) is 10.0 Å².